The van der Waals surface area contributed by atoms with Gasteiger partial charge in [0.2, 0.25) is 0 Å². The van der Waals surface area contributed by atoms with E-state index >= 15 is 0 Å². The lowest BCUT2D eigenvalue weighted by Crippen LogP contribution is -2.32. The van der Waals surface area contributed by atoms with Crippen LogP contribution in [0.1, 0.15) is 6.42 Å². The van der Waals surface area contributed by atoms with E-state index in [1.807, 2.05) is 36.4 Å². The summed E-state index contributed by atoms with van der Waals surface area (Å²) in [7, 11) is 3.20. The number of hydrogen-bond donors (Lipinski definition) is 3. The highest BCUT2D eigenvalue weighted by Crippen LogP contribution is 2.33. The molecule has 0 radical (unpaired) electrons. The van der Waals surface area contributed by atoms with Gasteiger partial charge in [-0.1, -0.05) is 33.8 Å². The fourth-order valence-electron chi connectivity index (χ4n) is 3.34. The second-order valence-electron chi connectivity index (χ2n) is 7.14. The van der Waals surface area contributed by atoms with Crippen LogP contribution >= 0.6 is 27.7 Å². The summed E-state index contributed by atoms with van der Waals surface area (Å²) in [6, 6.07) is 10.8. The Bertz CT molecular complexity index is 1190. The van der Waals surface area contributed by atoms with Gasteiger partial charge in [-0.05, 0) is 30.7 Å². The molecule has 3 aromatic rings. The number of methoxy groups -OCH3 is 2. The number of ether oxygens (including phenoxy) is 2. The van der Waals surface area contributed by atoms with E-state index < -0.39 is 0 Å². The lowest BCUT2D eigenvalue weighted by Gasteiger charge is -2.13. The van der Waals surface area contributed by atoms with Crippen LogP contribution in [0.5, 0.6) is 11.5 Å². The molecule has 0 aliphatic carbocycles. The molecule has 4 rings (SSSR count). The number of urea groups is 1. The van der Waals surface area contributed by atoms with Crippen LogP contribution in [0, 0.1) is 0 Å². The monoisotopic (exact) mass is 530 g/mol. The van der Waals surface area contributed by atoms with Gasteiger partial charge < -0.3 is 20.1 Å². The molecule has 11 heteroatoms. The van der Waals surface area contributed by atoms with E-state index in [1.54, 1.807) is 26.0 Å². The molecule has 3 N–H and O–H groups in total. The van der Waals surface area contributed by atoms with Crippen molar-refractivity contribution in [1.29, 1.82) is 0 Å². The molecule has 33 heavy (non-hydrogen) atoms. The van der Waals surface area contributed by atoms with Gasteiger partial charge in [0, 0.05) is 33.4 Å². The summed E-state index contributed by atoms with van der Waals surface area (Å²) in [4.78, 5) is 25.4. The van der Waals surface area contributed by atoms with Crippen LogP contribution in [0.3, 0.4) is 0 Å². The minimum absolute atomic E-state index is 0.265. The van der Waals surface area contributed by atoms with Crippen LogP contribution in [0.15, 0.2) is 52.2 Å². The van der Waals surface area contributed by atoms with E-state index in [9.17, 15) is 4.79 Å². The van der Waals surface area contributed by atoms with Crippen molar-refractivity contribution in [2.75, 3.05) is 37.9 Å². The molecule has 0 saturated heterocycles. The summed E-state index contributed by atoms with van der Waals surface area (Å²) >= 11 is 4.95. The maximum Gasteiger partial charge on any atom is 0.325 e. The van der Waals surface area contributed by atoms with Crippen molar-refractivity contribution in [3.8, 4) is 11.5 Å². The zero-order valence-corrected chi connectivity index (χ0v) is 20.5. The van der Waals surface area contributed by atoms with E-state index in [0.29, 0.717) is 35.4 Å². The molecule has 1 atom stereocenters. The molecule has 2 heterocycles. The van der Waals surface area contributed by atoms with Crippen molar-refractivity contribution in [2.45, 2.75) is 11.7 Å². The number of aliphatic imine (C=N–C) groups is 1. The molecule has 172 valence electrons. The van der Waals surface area contributed by atoms with E-state index in [-0.39, 0.29) is 11.3 Å². The minimum atomic E-state index is -0.310. The number of benzene rings is 2. The van der Waals surface area contributed by atoms with E-state index in [1.165, 1.54) is 6.33 Å². The molecule has 0 fully saturated rings. The number of aromatic nitrogens is 2. The second-order valence-corrected chi connectivity index (χ2v) is 9.34. The van der Waals surface area contributed by atoms with E-state index in [2.05, 4.69) is 46.8 Å². The average Bonchev–Trinajstić information content (AvgIpc) is 3.25. The number of rotatable bonds is 7. The predicted molar refractivity (Wildman–Crippen MR) is 136 cm³/mol. The largest absolute Gasteiger partial charge is 0.493 e. The smallest absolute Gasteiger partial charge is 0.325 e. The third kappa shape index (κ3) is 5.85. The van der Waals surface area contributed by atoms with Crippen molar-refractivity contribution in [3.05, 3.63) is 47.2 Å². The van der Waals surface area contributed by atoms with Gasteiger partial charge in [-0.25, -0.2) is 14.8 Å². The van der Waals surface area contributed by atoms with Crippen molar-refractivity contribution in [2.24, 2.45) is 4.99 Å². The standard InChI is InChI=1S/C22H23BrN6O3S/c1-31-18-9-16-17(10-19(18)32-2)26-12-27-20(16)24-7-6-15-11-25-22(33-15)29-21(30)28-14-5-3-4-13(23)8-14/h3-5,8-10,12,15H,6-7,11H2,1-2H3,(H,24,26,27)(H2,25,28,29,30). The normalized spacial score (nSPS) is 15.1. The van der Waals surface area contributed by atoms with Gasteiger partial charge in [0.15, 0.2) is 16.7 Å². The van der Waals surface area contributed by atoms with Crippen LogP contribution < -0.4 is 25.4 Å². The number of amidine groups is 1. The number of carbonyl (C=O) groups is 1. The molecule has 2 amide bonds. The first-order valence-corrected chi connectivity index (χ1v) is 11.9. The summed E-state index contributed by atoms with van der Waals surface area (Å²) < 4.78 is 11.7. The maximum atomic E-state index is 12.2. The van der Waals surface area contributed by atoms with Crippen LogP contribution in [0.2, 0.25) is 0 Å². The number of anilines is 2. The molecular formula is C22H23BrN6O3S. The molecule has 1 unspecified atom stereocenters. The number of hydrogen-bond acceptors (Lipinski definition) is 8. The zero-order chi connectivity index (χ0) is 23.2. The van der Waals surface area contributed by atoms with Crippen LogP contribution in [0.25, 0.3) is 10.9 Å². The number of nitrogens with zero attached hydrogens (tertiary/aromatic N) is 3. The Hall–Kier alpha value is -3.05. The number of carbonyl (C=O) groups excluding carboxylic acids is 1. The summed E-state index contributed by atoms with van der Waals surface area (Å²) in [6.45, 7) is 1.35. The van der Waals surface area contributed by atoms with Crippen molar-refractivity contribution in [1.82, 2.24) is 15.3 Å². The van der Waals surface area contributed by atoms with Gasteiger partial charge in [0.05, 0.1) is 26.3 Å². The maximum absolute atomic E-state index is 12.2. The number of fused-ring (bicyclic) bond motifs is 1. The highest BCUT2D eigenvalue weighted by molar-refractivity contribution is 9.10. The minimum Gasteiger partial charge on any atom is -0.493 e. The van der Waals surface area contributed by atoms with Gasteiger partial charge in [-0.15, -0.1) is 0 Å². The average molecular weight is 531 g/mol. The Morgan fingerprint density at radius 2 is 1.97 bits per heavy atom. The molecule has 0 spiro atoms. The second kappa shape index (κ2) is 10.7. The first-order valence-electron chi connectivity index (χ1n) is 10.2. The Kier molecular flexibility index (Phi) is 7.50. The molecule has 0 bridgehead atoms. The number of thioether (sulfide) groups is 1. The molecule has 0 saturated carbocycles. The number of halogens is 1. The third-order valence-corrected chi connectivity index (χ3v) is 6.58. The molecule has 1 aromatic heterocycles. The molecule has 1 aliphatic heterocycles. The fraction of sp³-hybridized carbons (Fsp3) is 0.273. The third-order valence-electron chi connectivity index (χ3n) is 4.92. The van der Waals surface area contributed by atoms with E-state index in [4.69, 9.17) is 9.47 Å². The lowest BCUT2D eigenvalue weighted by atomic mass is 10.2. The Balaban J connectivity index is 1.28. The van der Waals surface area contributed by atoms with Gasteiger partial charge in [-0.3, -0.25) is 10.3 Å². The molecule has 9 nitrogen and oxygen atoms in total. The zero-order valence-electron chi connectivity index (χ0n) is 18.1. The molecule has 1 aliphatic rings. The Morgan fingerprint density at radius 1 is 1.15 bits per heavy atom. The van der Waals surface area contributed by atoms with Crippen molar-refractivity contribution in [3.63, 3.8) is 0 Å². The van der Waals surface area contributed by atoms with Gasteiger partial charge in [0.1, 0.15) is 12.1 Å². The summed E-state index contributed by atoms with van der Waals surface area (Å²) in [6.07, 6.45) is 2.38. The van der Waals surface area contributed by atoms with Crippen LogP contribution in [-0.2, 0) is 0 Å². The molecular weight excluding hydrogens is 508 g/mol. The highest BCUT2D eigenvalue weighted by Gasteiger charge is 2.21. The summed E-state index contributed by atoms with van der Waals surface area (Å²) in [5.41, 5.74) is 1.48. The summed E-state index contributed by atoms with van der Waals surface area (Å²) in [5.74, 6) is 1.98. The lowest BCUT2D eigenvalue weighted by molar-refractivity contribution is 0.256. The topological polar surface area (TPSA) is 110 Å². The van der Waals surface area contributed by atoms with E-state index in [0.717, 1.165) is 27.6 Å². The summed E-state index contributed by atoms with van der Waals surface area (Å²) in [5, 5.41) is 10.7. The number of nitrogens with one attached hydrogen (secondary N) is 3. The van der Waals surface area contributed by atoms with Crippen molar-refractivity contribution >= 4 is 61.3 Å². The van der Waals surface area contributed by atoms with Gasteiger partial charge >= 0.3 is 6.03 Å². The predicted octanol–water partition coefficient (Wildman–Crippen LogP) is 4.50. The first kappa shape index (κ1) is 23.1. The van der Waals surface area contributed by atoms with Gasteiger partial charge in [0.25, 0.3) is 0 Å². The van der Waals surface area contributed by atoms with Crippen molar-refractivity contribution < 1.29 is 14.3 Å². The quantitative estimate of drug-likeness (QED) is 0.412. The Morgan fingerprint density at radius 3 is 2.76 bits per heavy atom. The first-order chi connectivity index (χ1) is 16.1. The fourth-order valence-corrected chi connectivity index (χ4v) is 4.74. The van der Waals surface area contributed by atoms with Crippen LogP contribution in [0.4, 0.5) is 16.3 Å². The SMILES string of the molecule is COc1cc2ncnc(NCCC3CN=C(NC(=O)Nc4cccc(Br)c4)S3)c2cc1OC. The number of amides is 2. The highest BCUT2D eigenvalue weighted by atomic mass is 79.9. The van der Waals surface area contributed by atoms with Crippen LogP contribution in [-0.4, -0.2) is 53.7 Å². The Labute approximate surface area is 203 Å². The molecule has 2 aromatic carbocycles. The van der Waals surface area contributed by atoms with Gasteiger partial charge in [-0.2, -0.15) is 0 Å².